The van der Waals surface area contributed by atoms with Crippen LogP contribution in [-0.2, 0) is 0 Å². The zero-order valence-corrected chi connectivity index (χ0v) is 12.6. The molecule has 2 aromatic rings. The Kier molecular flexibility index (Phi) is 4.62. The molecule has 1 unspecified atom stereocenters. The molecule has 0 saturated carbocycles. The van der Waals surface area contributed by atoms with E-state index >= 15 is 0 Å². The van der Waals surface area contributed by atoms with Crippen molar-refractivity contribution in [3.05, 3.63) is 68.2 Å². The van der Waals surface area contributed by atoms with Gasteiger partial charge in [0.25, 0.3) is 0 Å². The van der Waals surface area contributed by atoms with E-state index in [1.54, 1.807) is 0 Å². The molecule has 0 spiro atoms. The van der Waals surface area contributed by atoms with Gasteiger partial charge in [0.1, 0.15) is 23.3 Å². The van der Waals surface area contributed by atoms with E-state index in [1.165, 1.54) is 0 Å². The van der Waals surface area contributed by atoms with Crippen LogP contribution < -0.4 is 0 Å². The lowest BCUT2D eigenvalue weighted by Crippen LogP contribution is -2.04. The molecular formula is C13H5BrCl2F4. The van der Waals surface area contributed by atoms with Crippen LogP contribution >= 0.6 is 39.1 Å². The summed E-state index contributed by atoms with van der Waals surface area (Å²) in [5.41, 5.74) is -0.838. The van der Waals surface area contributed by atoms with Gasteiger partial charge in [0.15, 0.2) is 0 Å². The minimum absolute atomic E-state index is 0.134. The van der Waals surface area contributed by atoms with Gasteiger partial charge in [-0.1, -0.05) is 11.6 Å². The van der Waals surface area contributed by atoms with Gasteiger partial charge in [-0.2, -0.15) is 0 Å². The molecule has 0 aliphatic rings. The second kappa shape index (κ2) is 5.92. The molecule has 0 fully saturated rings. The predicted octanol–water partition coefficient (Wildman–Crippen LogP) is 5.99. The number of benzene rings is 2. The van der Waals surface area contributed by atoms with Crippen LogP contribution in [0.3, 0.4) is 0 Å². The maximum atomic E-state index is 13.8. The van der Waals surface area contributed by atoms with Gasteiger partial charge in [-0.05, 0) is 28.1 Å². The van der Waals surface area contributed by atoms with Gasteiger partial charge in [0, 0.05) is 27.7 Å². The summed E-state index contributed by atoms with van der Waals surface area (Å²) in [7, 11) is 0. The third-order valence-corrected chi connectivity index (χ3v) is 4.26. The van der Waals surface area contributed by atoms with Crippen molar-refractivity contribution in [2.45, 2.75) is 5.38 Å². The molecule has 0 bridgehead atoms. The minimum Gasteiger partial charge on any atom is -0.207 e. The van der Waals surface area contributed by atoms with Crippen molar-refractivity contribution in [3.8, 4) is 0 Å². The van der Waals surface area contributed by atoms with Gasteiger partial charge in [0.05, 0.1) is 10.4 Å². The van der Waals surface area contributed by atoms with Crippen LogP contribution in [0.1, 0.15) is 16.5 Å². The largest absolute Gasteiger partial charge is 0.207 e. The van der Waals surface area contributed by atoms with Crippen LogP contribution in [0, 0.1) is 23.3 Å². The van der Waals surface area contributed by atoms with Crippen LogP contribution in [0.15, 0.2) is 28.7 Å². The van der Waals surface area contributed by atoms with Crippen LogP contribution in [0.2, 0.25) is 5.02 Å². The molecule has 1 atom stereocenters. The third kappa shape index (κ3) is 2.95. The molecule has 0 amide bonds. The number of alkyl halides is 1. The lowest BCUT2D eigenvalue weighted by atomic mass is 10.0. The van der Waals surface area contributed by atoms with Crippen LogP contribution in [0.25, 0.3) is 0 Å². The summed E-state index contributed by atoms with van der Waals surface area (Å²) in [5.74, 6) is -4.26. The molecular weight excluding hydrogens is 383 g/mol. The van der Waals surface area contributed by atoms with E-state index < -0.39 is 34.2 Å². The first-order chi connectivity index (χ1) is 9.31. The van der Waals surface area contributed by atoms with Crippen LogP contribution in [-0.4, -0.2) is 0 Å². The van der Waals surface area contributed by atoms with Gasteiger partial charge in [-0.3, -0.25) is 0 Å². The fourth-order valence-electron chi connectivity index (χ4n) is 1.68. The van der Waals surface area contributed by atoms with Crippen molar-refractivity contribution in [1.29, 1.82) is 0 Å². The zero-order chi connectivity index (χ0) is 15.0. The summed E-state index contributed by atoms with van der Waals surface area (Å²) in [6.07, 6.45) is 0. The Bertz CT molecular complexity index is 653. The summed E-state index contributed by atoms with van der Waals surface area (Å²) < 4.78 is 54.2. The predicted molar refractivity (Wildman–Crippen MR) is 73.1 cm³/mol. The highest BCUT2D eigenvalue weighted by Gasteiger charge is 2.24. The monoisotopic (exact) mass is 386 g/mol. The maximum absolute atomic E-state index is 13.8. The third-order valence-electron chi connectivity index (χ3n) is 2.61. The summed E-state index contributed by atoms with van der Waals surface area (Å²) >= 11 is 14.7. The molecule has 0 saturated heterocycles. The summed E-state index contributed by atoms with van der Waals surface area (Å²) in [4.78, 5) is 0. The van der Waals surface area contributed by atoms with Crippen molar-refractivity contribution >= 4 is 39.1 Å². The standard InChI is InChI=1S/C13H5BrCl2F4/c14-7-4-9(18)6(3-8(7)15)13(16)12-10(19)1-5(17)2-11(12)20/h1-4,13H. The SMILES string of the molecule is Fc1cc(F)c(C(Cl)c2cc(Cl)c(Br)cc2F)c(F)c1. The van der Waals surface area contributed by atoms with Gasteiger partial charge < -0.3 is 0 Å². The smallest absolute Gasteiger partial charge is 0.134 e. The summed E-state index contributed by atoms with van der Waals surface area (Å²) in [6.45, 7) is 0. The highest BCUT2D eigenvalue weighted by Crippen LogP contribution is 2.37. The normalized spacial score (nSPS) is 12.6. The summed E-state index contributed by atoms with van der Waals surface area (Å²) in [5, 5.41) is -1.34. The van der Waals surface area contributed by atoms with Crippen molar-refractivity contribution in [3.63, 3.8) is 0 Å². The molecule has 0 aromatic heterocycles. The quantitative estimate of drug-likeness (QED) is 0.337. The molecule has 106 valence electrons. The fraction of sp³-hybridized carbons (Fsp3) is 0.0769. The Morgan fingerprint density at radius 1 is 0.900 bits per heavy atom. The van der Waals surface area contributed by atoms with E-state index in [-0.39, 0.29) is 15.1 Å². The number of halogens is 7. The molecule has 2 aromatic carbocycles. The Morgan fingerprint density at radius 2 is 1.45 bits per heavy atom. The zero-order valence-electron chi connectivity index (χ0n) is 9.53. The molecule has 7 heteroatoms. The topological polar surface area (TPSA) is 0 Å². The molecule has 0 radical (unpaired) electrons. The molecule has 0 nitrogen and oxygen atoms in total. The lowest BCUT2D eigenvalue weighted by molar-refractivity contribution is 0.523. The van der Waals surface area contributed by atoms with E-state index in [9.17, 15) is 17.6 Å². The average Bonchev–Trinajstić information content (AvgIpc) is 2.32. The van der Waals surface area contributed by atoms with Crippen molar-refractivity contribution in [2.75, 3.05) is 0 Å². The number of rotatable bonds is 2. The second-order valence-electron chi connectivity index (χ2n) is 3.93. The first-order valence-electron chi connectivity index (χ1n) is 5.24. The van der Waals surface area contributed by atoms with Crippen molar-refractivity contribution < 1.29 is 17.6 Å². The first-order valence-corrected chi connectivity index (χ1v) is 6.85. The Balaban J connectivity index is 2.57. The summed E-state index contributed by atoms with van der Waals surface area (Å²) in [6, 6.07) is 3.14. The molecule has 0 aliphatic heterocycles. The maximum Gasteiger partial charge on any atom is 0.134 e. The Hall–Kier alpha value is -0.780. The van der Waals surface area contributed by atoms with E-state index in [0.29, 0.717) is 12.1 Å². The van der Waals surface area contributed by atoms with E-state index in [1.807, 2.05) is 0 Å². The van der Waals surface area contributed by atoms with Crippen molar-refractivity contribution in [2.24, 2.45) is 0 Å². The molecule has 0 heterocycles. The van der Waals surface area contributed by atoms with Crippen molar-refractivity contribution in [1.82, 2.24) is 0 Å². The van der Waals surface area contributed by atoms with Crippen LogP contribution in [0.5, 0.6) is 0 Å². The van der Waals surface area contributed by atoms with Gasteiger partial charge in [0.2, 0.25) is 0 Å². The highest BCUT2D eigenvalue weighted by atomic mass is 79.9. The van der Waals surface area contributed by atoms with Crippen LogP contribution in [0.4, 0.5) is 17.6 Å². The number of hydrogen-bond donors (Lipinski definition) is 0. The Labute approximate surface area is 130 Å². The number of hydrogen-bond acceptors (Lipinski definition) is 0. The van der Waals surface area contributed by atoms with E-state index in [4.69, 9.17) is 23.2 Å². The molecule has 20 heavy (non-hydrogen) atoms. The lowest BCUT2D eigenvalue weighted by Gasteiger charge is -2.14. The minimum atomic E-state index is -1.47. The fourth-order valence-corrected chi connectivity index (χ4v) is 2.55. The van der Waals surface area contributed by atoms with Gasteiger partial charge in [-0.15, -0.1) is 11.6 Å². The average molecular weight is 388 g/mol. The molecule has 0 N–H and O–H groups in total. The van der Waals surface area contributed by atoms with E-state index in [0.717, 1.165) is 12.1 Å². The Morgan fingerprint density at radius 3 is 2.00 bits per heavy atom. The van der Waals surface area contributed by atoms with Gasteiger partial charge >= 0.3 is 0 Å². The first kappa shape index (κ1) is 15.6. The molecule has 0 aliphatic carbocycles. The molecule has 2 rings (SSSR count). The highest BCUT2D eigenvalue weighted by molar-refractivity contribution is 9.10. The van der Waals surface area contributed by atoms with E-state index in [2.05, 4.69) is 15.9 Å². The second-order valence-corrected chi connectivity index (χ2v) is 5.63. The van der Waals surface area contributed by atoms with Gasteiger partial charge in [-0.25, -0.2) is 17.6 Å².